The van der Waals surface area contributed by atoms with Crippen molar-refractivity contribution in [3.05, 3.63) is 29.8 Å². The van der Waals surface area contributed by atoms with Crippen molar-refractivity contribution >= 4 is 17.2 Å². The van der Waals surface area contributed by atoms with E-state index in [-0.39, 0.29) is 5.78 Å². The van der Waals surface area contributed by atoms with Crippen molar-refractivity contribution in [2.45, 2.75) is 63.7 Å². The summed E-state index contributed by atoms with van der Waals surface area (Å²) < 4.78 is 0. The second kappa shape index (κ2) is 6.88. The summed E-state index contributed by atoms with van der Waals surface area (Å²) in [7, 11) is 0. The van der Waals surface area contributed by atoms with E-state index in [0.29, 0.717) is 12.1 Å². The Morgan fingerprint density at radius 2 is 1.62 bits per heavy atom. The fourth-order valence-electron chi connectivity index (χ4n) is 3.38. The van der Waals surface area contributed by atoms with Gasteiger partial charge in [0.15, 0.2) is 5.78 Å². The van der Waals surface area contributed by atoms with Gasteiger partial charge in [-0.25, -0.2) is 0 Å². The predicted molar refractivity (Wildman–Crippen MR) is 86.8 cm³/mol. The van der Waals surface area contributed by atoms with Crippen molar-refractivity contribution < 1.29 is 4.79 Å². The molecular weight excluding hydrogens is 260 g/mol. The van der Waals surface area contributed by atoms with Crippen molar-refractivity contribution in [2.75, 3.05) is 5.43 Å². The first-order chi connectivity index (χ1) is 10.3. The molecule has 0 aromatic heterocycles. The van der Waals surface area contributed by atoms with Gasteiger partial charge in [-0.3, -0.25) is 10.2 Å². The van der Waals surface area contributed by atoms with Crippen molar-refractivity contribution in [3.63, 3.8) is 0 Å². The number of benzene rings is 1. The van der Waals surface area contributed by atoms with Crippen LogP contribution in [0.4, 0.5) is 5.69 Å². The Kier molecular flexibility index (Phi) is 4.69. The molecule has 0 heterocycles. The van der Waals surface area contributed by atoms with Crippen LogP contribution in [0.2, 0.25) is 0 Å². The smallest absolute Gasteiger partial charge is 0.178 e. The number of hydrazone groups is 1. The van der Waals surface area contributed by atoms with E-state index in [1.165, 1.54) is 37.7 Å². The van der Waals surface area contributed by atoms with Gasteiger partial charge in [-0.1, -0.05) is 31.4 Å². The van der Waals surface area contributed by atoms with Crippen molar-refractivity contribution in [1.82, 2.24) is 0 Å². The molecule has 3 nitrogen and oxygen atoms in total. The Hall–Kier alpha value is -1.64. The largest absolute Gasteiger partial charge is 0.293 e. The molecule has 3 rings (SSSR count). The zero-order chi connectivity index (χ0) is 14.5. The van der Waals surface area contributed by atoms with Crippen LogP contribution in [0.1, 0.15) is 69.3 Å². The molecule has 0 spiro atoms. The van der Waals surface area contributed by atoms with E-state index < -0.39 is 0 Å². The number of hydrogen-bond donors (Lipinski definition) is 1. The van der Waals surface area contributed by atoms with E-state index in [4.69, 9.17) is 0 Å². The SMILES string of the molecule is O=C1CCCCC1=NNc1ccc(C2CCCCC2)cc1. The maximum atomic E-state index is 11.7. The van der Waals surface area contributed by atoms with Gasteiger partial charge in [-0.2, -0.15) is 5.10 Å². The minimum Gasteiger partial charge on any atom is -0.293 e. The van der Waals surface area contributed by atoms with Crippen LogP contribution in [-0.4, -0.2) is 11.5 Å². The Morgan fingerprint density at radius 1 is 0.905 bits per heavy atom. The molecule has 3 heteroatoms. The van der Waals surface area contributed by atoms with E-state index in [1.54, 1.807) is 0 Å². The highest BCUT2D eigenvalue weighted by Gasteiger charge is 2.17. The lowest BCUT2D eigenvalue weighted by Gasteiger charge is -2.22. The highest BCUT2D eigenvalue weighted by molar-refractivity contribution is 6.40. The van der Waals surface area contributed by atoms with E-state index in [1.807, 2.05) is 0 Å². The molecule has 0 unspecified atom stereocenters. The molecule has 0 radical (unpaired) electrons. The molecule has 0 bridgehead atoms. The molecule has 2 fully saturated rings. The molecule has 0 saturated heterocycles. The van der Waals surface area contributed by atoms with Gasteiger partial charge in [0, 0.05) is 6.42 Å². The molecule has 1 N–H and O–H groups in total. The summed E-state index contributed by atoms with van der Waals surface area (Å²) in [4.78, 5) is 11.7. The summed E-state index contributed by atoms with van der Waals surface area (Å²) in [5.41, 5.74) is 6.17. The number of Topliss-reactive ketones (excluding diaryl/α,β-unsaturated/α-hetero) is 1. The predicted octanol–water partition coefficient (Wildman–Crippen LogP) is 4.65. The van der Waals surface area contributed by atoms with Crippen LogP contribution >= 0.6 is 0 Å². The lowest BCUT2D eigenvalue weighted by molar-refractivity contribution is -0.113. The molecule has 2 aliphatic rings. The van der Waals surface area contributed by atoms with Crippen molar-refractivity contribution in [3.8, 4) is 0 Å². The zero-order valence-electron chi connectivity index (χ0n) is 12.6. The second-order valence-corrected chi connectivity index (χ2v) is 6.26. The Bertz CT molecular complexity index is 513. The van der Waals surface area contributed by atoms with E-state index in [2.05, 4.69) is 34.8 Å². The van der Waals surface area contributed by atoms with Crippen LogP contribution in [0.15, 0.2) is 29.4 Å². The summed E-state index contributed by atoms with van der Waals surface area (Å²) in [5, 5.41) is 4.29. The number of ketones is 1. The topological polar surface area (TPSA) is 41.5 Å². The molecule has 112 valence electrons. The normalized spacial score (nSPS) is 22.5. The van der Waals surface area contributed by atoms with Crippen LogP contribution in [-0.2, 0) is 4.79 Å². The number of nitrogens with zero attached hydrogens (tertiary/aromatic N) is 1. The van der Waals surface area contributed by atoms with Gasteiger partial charge in [0.2, 0.25) is 0 Å². The lowest BCUT2D eigenvalue weighted by atomic mass is 9.84. The third kappa shape index (κ3) is 3.72. The van der Waals surface area contributed by atoms with Crippen LogP contribution < -0.4 is 5.43 Å². The van der Waals surface area contributed by atoms with E-state index >= 15 is 0 Å². The number of hydrogen-bond acceptors (Lipinski definition) is 3. The summed E-state index contributed by atoms with van der Waals surface area (Å²) in [6.45, 7) is 0. The maximum Gasteiger partial charge on any atom is 0.178 e. The zero-order valence-corrected chi connectivity index (χ0v) is 12.6. The third-order valence-electron chi connectivity index (χ3n) is 4.70. The lowest BCUT2D eigenvalue weighted by Crippen LogP contribution is -2.19. The van der Waals surface area contributed by atoms with Crippen molar-refractivity contribution in [1.29, 1.82) is 0 Å². The van der Waals surface area contributed by atoms with Crippen LogP contribution in [0, 0.1) is 0 Å². The quantitative estimate of drug-likeness (QED) is 0.821. The minimum absolute atomic E-state index is 0.201. The summed E-state index contributed by atoms with van der Waals surface area (Å²) in [5.74, 6) is 0.937. The highest BCUT2D eigenvalue weighted by Crippen LogP contribution is 2.32. The van der Waals surface area contributed by atoms with Gasteiger partial charge in [0.1, 0.15) is 5.71 Å². The average molecular weight is 284 g/mol. The van der Waals surface area contributed by atoms with Gasteiger partial charge < -0.3 is 0 Å². The summed E-state index contributed by atoms with van der Waals surface area (Å²) in [6.07, 6.45) is 10.3. The molecule has 1 aromatic rings. The van der Waals surface area contributed by atoms with E-state index in [9.17, 15) is 4.79 Å². The van der Waals surface area contributed by atoms with Gasteiger partial charge in [0.25, 0.3) is 0 Å². The monoisotopic (exact) mass is 284 g/mol. The molecule has 0 aliphatic heterocycles. The van der Waals surface area contributed by atoms with Gasteiger partial charge >= 0.3 is 0 Å². The standard InChI is InChI=1S/C18H24N2O/c21-18-9-5-4-8-17(18)20-19-16-12-10-15(11-13-16)14-6-2-1-3-7-14/h10-14,19H,1-9H2. The molecule has 2 aliphatic carbocycles. The summed E-state index contributed by atoms with van der Waals surface area (Å²) >= 11 is 0. The third-order valence-corrected chi connectivity index (χ3v) is 4.70. The van der Waals surface area contributed by atoms with Crippen LogP contribution in [0.3, 0.4) is 0 Å². The fourth-order valence-corrected chi connectivity index (χ4v) is 3.38. The van der Waals surface area contributed by atoms with Crippen LogP contribution in [0.25, 0.3) is 0 Å². The summed E-state index contributed by atoms with van der Waals surface area (Å²) in [6, 6.07) is 8.59. The number of anilines is 1. The first-order valence-electron chi connectivity index (χ1n) is 8.28. The number of carbonyl (C=O) groups excluding carboxylic acids is 1. The highest BCUT2D eigenvalue weighted by atomic mass is 16.1. The fraction of sp³-hybridized carbons (Fsp3) is 0.556. The Morgan fingerprint density at radius 3 is 2.33 bits per heavy atom. The van der Waals surface area contributed by atoms with Gasteiger partial charge in [0.05, 0.1) is 5.69 Å². The number of nitrogens with one attached hydrogen (secondary N) is 1. The molecule has 2 saturated carbocycles. The van der Waals surface area contributed by atoms with E-state index in [0.717, 1.165) is 30.9 Å². The first-order valence-corrected chi connectivity index (χ1v) is 8.28. The molecular formula is C18H24N2O. The molecule has 1 aromatic carbocycles. The van der Waals surface area contributed by atoms with Crippen LogP contribution in [0.5, 0.6) is 0 Å². The first kappa shape index (κ1) is 14.3. The second-order valence-electron chi connectivity index (χ2n) is 6.26. The van der Waals surface area contributed by atoms with Gasteiger partial charge in [-0.05, 0) is 55.7 Å². The number of carbonyl (C=O) groups is 1. The van der Waals surface area contributed by atoms with Crippen molar-refractivity contribution in [2.24, 2.45) is 5.10 Å². The van der Waals surface area contributed by atoms with Gasteiger partial charge in [-0.15, -0.1) is 0 Å². The average Bonchev–Trinajstić information content (AvgIpc) is 2.55. The Balaban J connectivity index is 1.61. The minimum atomic E-state index is 0.201. The Labute approximate surface area is 126 Å². The molecule has 21 heavy (non-hydrogen) atoms. The maximum absolute atomic E-state index is 11.7. The number of rotatable bonds is 3. The molecule has 0 amide bonds. The molecule has 0 atom stereocenters.